The molecular weight excluding hydrogens is 328 g/mol. The number of hydrogen-bond donors (Lipinski definition) is 0. The Labute approximate surface area is 155 Å². The van der Waals surface area contributed by atoms with Crippen LogP contribution in [-0.2, 0) is 4.79 Å². The van der Waals surface area contributed by atoms with E-state index in [1.807, 2.05) is 4.90 Å². The van der Waals surface area contributed by atoms with E-state index in [-0.39, 0.29) is 17.7 Å². The van der Waals surface area contributed by atoms with Crippen molar-refractivity contribution in [2.75, 3.05) is 19.6 Å². The molecular formula is C21H28N2O3. The van der Waals surface area contributed by atoms with Crippen LogP contribution in [0.5, 0.6) is 0 Å². The van der Waals surface area contributed by atoms with E-state index in [0.717, 1.165) is 31.8 Å². The minimum atomic E-state index is -0.241. The summed E-state index contributed by atoms with van der Waals surface area (Å²) in [4.78, 5) is 40.4. The number of amides is 3. The molecule has 0 aliphatic carbocycles. The van der Waals surface area contributed by atoms with Gasteiger partial charge in [-0.1, -0.05) is 31.9 Å². The first kappa shape index (κ1) is 18.6. The van der Waals surface area contributed by atoms with Gasteiger partial charge in [0, 0.05) is 26.1 Å². The third kappa shape index (κ3) is 3.97. The first-order valence-electron chi connectivity index (χ1n) is 9.84. The number of carbonyl (C=O) groups excluding carboxylic acids is 3. The Morgan fingerprint density at radius 1 is 1.08 bits per heavy atom. The Balaban J connectivity index is 1.47. The second kappa shape index (κ2) is 8.47. The molecule has 3 rings (SSSR count). The molecule has 5 nitrogen and oxygen atoms in total. The van der Waals surface area contributed by atoms with Crippen LogP contribution in [0.15, 0.2) is 24.3 Å². The molecule has 26 heavy (non-hydrogen) atoms. The van der Waals surface area contributed by atoms with E-state index in [9.17, 15) is 14.4 Å². The zero-order valence-electron chi connectivity index (χ0n) is 15.6. The van der Waals surface area contributed by atoms with Gasteiger partial charge in [-0.3, -0.25) is 19.3 Å². The third-order valence-corrected chi connectivity index (χ3v) is 5.55. The van der Waals surface area contributed by atoms with Crippen molar-refractivity contribution in [1.82, 2.24) is 9.80 Å². The maximum atomic E-state index is 12.5. The summed E-state index contributed by atoms with van der Waals surface area (Å²) in [6.45, 7) is 4.21. The summed E-state index contributed by atoms with van der Waals surface area (Å²) in [5.41, 5.74) is 0.941. The van der Waals surface area contributed by atoms with Crippen LogP contribution in [0.4, 0.5) is 0 Å². The Hall–Kier alpha value is -2.17. The lowest BCUT2D eigenvalue weighted by atomic mass is 9.96. The lowest BCUT2D eigenvalue weighted by molar-refractivity contribution is -0.131. The molecule has 1 saturated heterocycles. The lowest BCUT2D eigenvalue weighted by Crippen LogP contribution is -2.34. The summed E-state index contributed by atoms with van der Waals surface area (Å²) in [7, 11) is 0. The zero-order valence-corrected chi connectivity index (χ0v) is 15.6. The van der Waals surface area contributed by atoms with Crippen LogP contribution in [0.1, 0.15) is 72.6 Å². The first-order chi connectivity index (χ1) is 12.6. The molecule has 1 unspecified atom stereocenters. The minimum absolute atomic E-state index is 0.152. The maximum absolute atomic E-state index is 12.5. The Kier molecular flexibility index (Phi) is 6.07. The number of hydrogen-bond acceptors (Lipinski definition) is 3. The van der Waals surface area contributed by atoms with E-state index in [0.29, 0.717) is 30.5 Å². The topological polar surface area (TPSA) is 57.7 Å². The molecule has 0 N–H and O–H groups in total. The fraction of sp³-hybridized carbons (Fsp3) is 0.571. The predicted molar refractivity (Wildman–Crippen MR) is 99.9 cm³/mol. The fourth-order valence-electron chi connectivity index (χ4n) is 4.10. The van der Waals surface area contributed by atoms with Crippen molar-refractivity contribution in [2.45, 2.75) is 51.9 Å². The van der Waals surface area contributed by atoms with Gasteiger partial charge in [-0.15, -0.1) is 0 Å². The van der Waals surface area contributed by atoms with Crippen molar-refractivity contribution < 1.29 is 14.4 Å². The Bertz CT molecular complexity index is 651. The Morgan fingerprint density at radius 3 is 2.42 bits per heavy atom. The molecule has 0 radical (unpaired) electrons. The van der Waals surface area contributed by atoms with Crippen LogP contribution < -0.4 is 0 Å². The number of carbonyl (C=O) groups is 3. The van der Waals surface area contributed by atoms with Crippen molar-refractivity contribution in [3.63, 3.8) is 0 Å². The second-order valence-electron chi connectivity index (χ2n) is 7.38. The molecule has 0 bridgehead atoms. The number of nitrogens with zero attached hydrogens (tertiary/aromatic N) is 2. The highest BCUT2D eigenvalue weighted by Crippen LogP contribution is 2.24. The van der Waals surface area contributed by atoms with Gasteiger partial charge in [-0.05, 0) is 43.7 Å². The molecule has 0 aromatic heterocycles. The predicted octanol–water partition coefficient (Wildman–Crippen LogP) is 3.49. The van der Waals surface area contributed by atoms with Crippen LogP contribution in [0, 0.1) is 5.92 Å². The SMILES string of the molecule is CCCC1CCCN(C(=O)CCCN2C(=O)c3ccccc3C2=O)CC1. The van der Waals surface area contributed by atoms with Gasteiger partial charge in [-0.2, -0.15) is 0 Å². The monoisotopic (exact) mass is 356 g/mol. The van der Waals surface area contributed by atoms with Gasteiger partial charge >= 0.3 is 0 Å². The standard InChI is InChI=1S/C21H28N2O3/c1-2-7-16-8-5-13-22(15-12-16)19(24)11-6-14-23-20(25)17-9-3-4-10-18(17)21(23)26/h3-4,9-10,16H,2,5-8,11-15H2,1H3. The average Bonchev–Trinajstić information content (AvgIpc) is 2.82. The number of imide groups is 1. The van der Waals surface area contributed by atoms with Crippen LogP contribution in [-0.4, -0.2) is 47.2 Å². The number of benzene rings is 1. The molecule has 2 heterocycles. The highest BCUT2D eigenvalue weighted by atomic mass is 16.2. The molecule has 1 atom stereocenters. The molecule has 3 amide bonds. The number of likely N-dealkylation sites (tertiary alicyclic amines) is 1. The van der Waals surface area contributed by atoms with Crippen LogP contribution in [0.2, 0.25) is 0 Å². The molecule has 140 valence electrons. The summed E-state index contributed by atoms with van der Waals surface area (Å²) >= 11 is 0. The largest absolute Gasteiger partial charge is 0.343 e. The van der Waals surface area contributed by atoms with E-state index < -0.39 is 0 Å². The van der Waals surface area contributed by atoms with E-state index in [2.05, 4.69) is 6.92 Å². The number of fused-ring (bicyclic) bond motifs is 1. The van der Waals surface area contributed by atoms with Gasteiger partial charge in [0.25, 0.3) is 11.8 Å². The molecule has 2 aliphatic rings. The molecule has 1 aromatic rings. The third-order valence-electron chi connectivity index (χ3n) is 5.55. The van der Waals surface area contributed by atoms with E-state index >= 15 is 0 Å². The normalized spacial score (nSPS) is 20.3. The lowest BCUT2D eigenvalue weighted by Gasteiger charge is -2.21. The van der Waals surface area contributed by atoms with Crippen LogP contribution in [0.3, 0.4) is 0 Å². The van der Waals surface area contributed by atoms with Crippen molar-refractivity contribution in [1.29, 1.82) is 0 Å². The van der Waals surface area contributed by atoms with Crippen molar-refractivity contribution in [3.05, 3.63) is 35.4 Å². The van der Waals surface area contributed by atoms with Gasteiger partial charge in [0.2, 0.25) is 5.91 Å². The highest BCUT2D eigenvalue weighted by Gasteiger charge is 2.34. The Morgan fingerprint density at radius 2 is 1.77 bits per heavy atom. The van der Waals surface area contributed by atoms with E-state index in [1.165, 1.54) is 24.2 Å². The van der Waals surface area contributed by atoms with Crippen LogP contribution in [0.25, 0.3) is 0 Å². The molecule has 1 fully saturated rings. The summed E-state index contributed by atoms with van der Waals surface area (Å²) in [5.74, 6) is 0.417. The van der Waals surface area contributed by atoms with Crippen LogP contribution >= 0.6 is 0 Å². The average molecular weight is 356 g/mol. The summed E-state index contributed by atoms with van der Waals surface area (Å²) in [6.07, 6.45) is 6.77. The molecule has 2 aliphatic heterocycles. The van der Waals surface area contributed by atoms with Crippen molar-refractivity contribution in [2.24, 2.45) is 5.92 Å². The molecule has 5 heteroatoms. The highest BCUT2D eigenvalue weighted by molar-refractivity contribution is 6.21. The van der Waals surface area contributed by atoms with E-state index in [4.69, 9.17) is 0 Å². The fourth-order valence-corrected chi connectivity index (χ4v) is 4.10. The molecule has 1 aromatic carbocycles. The zero-order chi connectivity index (χ0) is 18.5. The van der Waals surface area contributed by atoms with Crippen molar-refractivity contribution in [3.8, 4) is 0 Å². The smallest absolute Gasteiger partial charge is 0.261 e. The van der Waals surface area contributed by atoms with Gasteiger partial charge in [0.15, 0.2) is 0 Å². The number of rotatable bonds is 6. The van der Waals surface area contributed by atoms with Gasteiger partial charge < -0.3 is 4.90 Å². The maximum Gasteiger partial charge on any atom is 0.261 e. The summed E-state index contributed by atoms with van der Waals surface area (Å²) < 4.78 is 0. The van der Waals surface area contributed by atoms with Gasteiger partial charge in [-0.25, -0.2) is 0 Å². The van der Waals surface area contributed by atoms with Crippen molar-refractivity contribution >= 4 is 17.7 Å². The molecule has 0 spiro atoms. The summed E-state index contributed by atoms with van der Waals surface area (Å²) in [5, 5.41) is 0. The minimum Gasteiger partial charge on any atom is -0.343 e. The van der Waals surface area contributed by atoms with E-state index in [1.54, 1.807) is 24.3 Å². The quantitative estimate of drug-likeness (QED) is 0.733. The second-order valence-corrected chi connectivity index (χ2v) is 7.38. The van der Waals surface area contributed by atoms with Gasteiger partial charge in [0.05, 0.1) is 11.1 Å². The van der Waals surface area contributed by atoms with Gasteiger partial charge in [0.1, 0.15) is 0 Å². The molecule has 0 saturated carbocycles. The summed E-state index contributed by atoms with van der Waals surface area (Å²) in [6, 6.07) is 6.90. The first-order valence-corrected chi connectivity index (χ1v) is 9.84.